The monoisotopic (exact) mass is 377 g/mol. The Morgan fingerprint density at radius 1 is 1.11 bits per heavy atom. The van der Waals surface area contributed by atoms with Crippen molar-refractivity contribution in [2.24, 2.45) is 0 Å². The predicted octanol–water partition coefficient (Wildman–Crippen LogP) is 2.78. The van der Waals surface area contributed by atoms with Crippen molar-refractivity contribution >= 4 is 11.9 Å². The second-order valence-corrected chi connectivity index (χ2v) is 6.54. The standard InChI is InChI=1S/C21H19N3O4/c1-28-16-9-5-6-14(12-16)20(25)23-11-10-18-17(13-23)19(21(26)27)22-24(18)15-7-3-2-4-8-15/h2-9,12H,10-11,13H2,1H3,(H,26,27). The maximum atomic E-state index is 12.9. The van der Waals surface area contributed by atoms with Crippen molar-refractivity contribution in [2.45, 2.75) is 13.0 Å². The molecule has 2 aromatic carbocycles. The SMILES string of the molecule is COc1cccc(C(=O)N2CCc3c(c(C(=O)O)nn3-c3ccccc3)C2)c1. The second-order valence-electron chi connectivity index (χ2n) is 6.54. The summed E-state index contributed by atoms with van der Waals surface area (Å²) in [5.74, 6) is -0.651. The first kappa shape index (κ1) is 17.8. The molecule has 2 heterocycles. The van der Waals surface area contributed by atoms with E-state index in [1.807, 2.05) is 30.3 Å². The minimum atomic E-state index is -1.10. The summed E-state index contributed by atoms with van der Waals surface area (Å²) < 4.78 is 6.86. The van der Waals surface area contributed by atoms with Gasteiger partial charge in [-0.05, 0) is 30.3 Å². The van der Waals surface area contributed by atoms with Gasteiger partial charge in [0.05, 0.1) is 25.0 Å². The van der Waals surface area contributed by atoms with E-state index < -0.39 is 5.97 Å². The third-order valence-corrected chi connectivity index (χ3v) is 4.86. The van der Waals surface area contributed by atoms with Crippen LogP contribution in [0.2, 0.25) is 0 Å². The molecule has 0 bridgehead atoms. The molecular formula is C21H19N3O4. The zero-order chi connectivity index (χ0) is 19.7. The zero-order valence-corrected chi connectivity index (χ0v) is 15.3. The van der Waals surface area contributed by atoms with Crippen molar-refractivity contribution in [3.8, 4) is 11.4 Å². The van der Waals surface area contributed by atoms with Crippen molar-refractivity contribution in [1.82, 2.24) is 14.7 Å². The lowest BCUT2D eigenvalue weighted by molar-refractivity contribution is 0.0674. The lowest BCUT2D eigenvalue weighted by Crippen LogP contribution is -2.36. The van der Waals surface area contributed by atoms with E-state index in [1.165, 1.54) is 0 Å². The molecule has 0 atom stereocenters. The van der Waals surface area contributed by atoms with Gasteiger partial charge in [-0.25, -0.2) is 9.48 Å². The molecule has 3 aromatic rings. The quantitative estimate of drug-likeness (QED) is 0.756. The van der Waals surface area contributed by atoms with Gasteiger partial charge in [0.15, 0.2) is 5.69 Å². The average Bonchev–Trinajstić information content (AvgIpc) is 3.13. The van der Waals surface area contributed by atoms with Gasteiger partial charge in [0, 0.05) is 24.1 Å². The Kier molecular flexibility index (Phi) is 4.57. The molecule has 1 aromatic heterocycles. The molecule has 1 amide bonds. The molecule has 1 N–H and O–H groups in total. The van der Waals surface area contributed by atoms with Crippen LogP contribution in [0.15, 0.2) is 54.6 Å². The van der Waals surface area contributed by atoms with Crippen LogP contribution in [0, 0.1) is 0 Å². The van der Waals surface area contributed by atoms with Gasteiger partial charge in [0.25, 0.3) is 5.91 Å². The number of aromatic nitrogens is 2. The summed E-state index contributed by atoms with van der Waals surface area (Å²) in [6.07, 6.45) is 0.528. The van der Waals surface area contributed by atoms with Gasteiger partial charge in [0.1, 0.15) is 5.75 Å². The summed E-state index contributed by atoms with van der Waals surface area (Å²) in [7, 11) is 1.55. The number of amides is 1. The number of nitrogens with zero attached hydrogens (tertiary/aromatic N) is 3. The molecular weight excluding hydrogens is 358 g/mol. The number of carbonyl (C=O) groups excluding carboxylic acids is 1. The Morgan fingerprint density at radius 3 is 2.61 bits per heavy atom. The maximum Gasteiger partial charge on any atom is 0.356 e. The Labute approximate surface area is 161 Å². The summed E-state index contributed by atoms with van der Waals surface area (Å²) in [6, 6.07) is 16.4. The Morgan fingerprint density at radius 2 is 1.89 bits per heavy atom. The molecule has 28 heavy (non-hydrogen) atoms. The number of hydrogen-bond donors (Lipinski definition) is 1. The summed E-state index contributed by atoms with van der Waals surface area (Å²) in [5, 5.41) is 13.9. The van der Waals surface area contributed by atoms with Gasteiger partial charge in [0.2, 0.25) is 0 Å². The summed E-state index contributed by atoms with van der Waals surface area (Å²) in [6.45, 7) is 0.695. The largest absolute Gasteiger partial charge is 0.497 e. The lowest BCUT2D eigenvalue weighted by Gasteiger charge is -2.28. The Hall–Kier alpha value is -3.61. The van der Waals surface area contributed by atoms with Crippen LogP contribution in [0.25, 0.3) is 5.69 Å². The second kappa shape index (κ2) is 7.19. The van der Waals surface area contributed by atoms with Crippen LogP contribution in [0.5, 0.6) is 5.75 Å². The highest BCUT2D eigenvalue weighted by atomic mass is 16.5. The number of carbonyl (C=O) groups is 2. The number of benzene rings is 2. The van der Waals surface area contributed by atoms with E-state index in [0.717, 1.165) is 11.4 Å². The average molecular weight is 377 g/mol. The number of aromatic carboxylic acids is 1. The highest BCUT2D eigenvalue weighted by Gasteiger charge is 2.30. The fourth-order valence-electron chi connectivity index (χ4n) is 3.49. The lowest BCUT2D eigenvalue weighted by atomic mass is 10.0. The smallest absolute Gasteiger partial charge is 0.356 e. The van der Waals surface area contributed by atoms with Crippen LogP contribution < -0.4 is 4.74 Å². The van der Waals surface area contributed by atoms with Crippen LogP contribution in [0.4, 0.5) is 0 Å². The number of fused-ring (bicyclic) bond motifs is 1. The highest BCUT2D eigenvalue weighted by Crippen LogP contribution is 2.27. The van der Waals surface area contributed by atoms with E-state index >= 15 is 0 Å². The molecule has 0 radical (unpaired) electrons. The molecule has 0 unspecified atom stereocenters. The van der Waals surface area contributed by atoms with Gasteiger partial charge < -0.3 is 14.7 Å². The first-order chi connectivity index (χ1) is 13.6. The number of ether oxygens (including phenoxy) is 1. The number of methoxy groups -OCH3 is 1. The molecule has 0 saturated heterocycles. The van der Waals surface area contributed by atoms with E-state index in [0.29, 0.717) is 29.8 Å². The molecule has 7 nitrogen and oxygen atoms in total. The molecule has 0 saturated carbocycles. The molecule has 0 fully saturated rings. The maximum absolute atomic E-state index is 12.9. The Balaban J connectivity index is 1.69. The number of carboxylic acid groups (broad SMARTS) is 1. The minimum absolute atomic E-state index is 0.0120. The van der Waals surface area contributed by atoms with Crippen molar-refractivity contribution in [3.05, 3.63) is 77.1 Å². The van der Waals surface area contributed by atoms with E-state index in [1.54, 1.807) is 41.0 Å². The Bertz CT molecular complexity index is 1040. The number of rotatable bonds is 4. The summed E-state index contributed by atoms with van der Waals surface area (Å²) in [5.41, 5.74) is 2.72. The van der Waals surface area contributed by atoms with Crippen molar-refractivity contribution in [3.63, 3.8) is 0 Å². The molecule has 1 aliphatic heterocycles. The van der Waals surface area contributed by atoms with Crippen molar-refractivity contribution < 1.29 is 19.4 Å². The molecule has 0 spiro atoms. The first-order valence-corrected chi connectivity index (χ1v) is 8.91. The summed E-state index contributed by atoms with van der Waals surface area (Å²) >= 11 is 0. The minimum Gasteiger partial charge on any atom is -0.497 e. The topological polar surface area (TPSA) is 84.7 Å². The van der Waals surface area contributed by atoms with Gasteiger partial charge in [-0.2, -0.15) is 5.10 Å². The van der Waals surface area contributed by atoms with Crippen LogP contribution in [-0.2, 0) is 13.0 Å². The van der Waals surface area contributed by atoms with Crippen LogP contribution >= 0.6 is 0 Å². The zero-order valence-electron chi connectivity index (χ0n) is 15.3. The third-order valence-electron chi connectivity index (χ3n) is 4.86. The molecule has 142 valence electrons. The predicted molar refractivity (Wildman–Crippen MR) is 102 cm³/mol. The van der Waals surface area contributed by atoms with Crippen molar-refractivity contribution in [1.29, 1.82) is 0 Å². The third kappa shape index (κ3) is 3.11. The van der Waals surface area contributed by atoms with Crippen molar-refractivity contribution in [2.75, 3.05) is 13.7 Å². The van der Waals surface area contributed by atoms with Crippen LogP contribution in [0.1, 0.15) is 32.1 Å². The van der Waals surface area contributed by atoms with Crippen LogP contribution in [-0.4, -0.2) is 45.3 Å². The molecule has 7 heteroatoms. The molecule has 1 aliphatic rings. The highest BCUT2D eigenvalue weighted by molar-refractivity contribution is 5.95. The number of hydrogen-bond acceptors (Lipinski definition) is 4. The van der Waals surface area contributed by atoms with Gasteiger partial charge in [-0.15, -0.1) is 0 Å². The molecule has 4 rings (SSSR count). The first-order valence-electron chi connectivity index (χ1n) is 8.91. The van der Waals surface area contributed by atoms with E-state index in [9.17, 15) is 14.7 Å². The van der Waals surface area contributed by atoms with Gasteiger partial charge in [-0.1, -0.05) is 24.3 Å². The number of carboxylic acids is 1. The van der Waals surface area contributed by atoms with E-state index in [4.69, 9.17) is 4.74 Å². The van der Waals surface area contributed by atoms with E-state index in [-0.39, 0.29) is 18.1 Å². The van der Waals surface area contributed by atoms with Gasteiger partial charge >= 0.3 is 5.97 Å². The fraction of sp³-hybridized carbons (Fsp3) is 0.190. The van der Waals surface area contributed by atoms with Crippen LogP contribution in [0.3, 0.4) is 0 Å². The number of para-hydroxylation sites is 1. The van der Waals surface area contributed by atoms with Gasteiger partial charge in [-0.3, -0.25) is 4.79 Å². The normalized spacial score (nSPS) is 13.1. The molecule has 0 aliphatic carbocycles. The fourth-order valence-corrected chi connectivity index (χ4v) is 3.49. The summed E-state index contributed by atoms with van der Waals surface area (Å²) in [4.78, 5) is 26.3. The van der Waals surface area contributed by atoms with E-state index in [2.05, 4.69) is 5.10 Å².